The molecule has 1 aliphatic heterocycles. The van der Waals surface area contributed by atoms with Crippen LogP contribution in [0.15, 0.2) is 71.0 Å². The van der Waals surface area contributed by atoms with Crippen LogP contribution in [0.5, 0.6) is 0 Å². The molecule has 3 heterocycles. The first-order chi connectivity index (χ1) is 17.0. The van der Waals surface area contributed by atoms with Crippen LogP contribution >= 0.6 is 11.8 Å². The first-order valence-corrected chi connectivity index (χ1v) is 11.9. The second-order valence-electron chi connectivity index (χ2n) is 7.87. The molecule has 11 heteroatoms. The molecular weight excluding hydrogens is 474 g/mol. The molecule has 35 heavy (non-hydrogen) atoms. The number of carbonyl (C=O) groups is 1. The molecule has 0 aliphatic carbocycles. The third kappa shape index (κ3) is 4.72. The van der Waals surface area contributed by atoms with Crippen molar-refractivity contribution in [3.05, 3.63) is 83.0 Å². The smallest absolute Gasteiger partial charge is 0.266 e. The molecule has 1 saturated heterocycles. The van der Waals surface area contributed by atoms with Crippen LogP contribution in [0.3, 0.4) is 0 Å². The fraction of sp³-hybridized carbons (Fsp3) is 0.208. The standard InChI is InChI=1S/C24H20F2N6O2S/c25-16-5-6-20(18(26)13-16)32-23(34)17-3-1-2-4-19(17)29-24(32)35-15-22(33)31-11-9-30(10-12-31)21-14-27-7-8-28-21/h1-8,13-14H,9-12,15H2. The van der Waals surface area contributed by atoms with E-state index in [1.165, 1.54) is 6.07 Å². The number of halogens is 2. The summed E-state index contributed by atoms with van der Waals surface area (Å²) >= 11 is 1.05. The number of carbonyl (C=O) groups excluding carboxylic acids is 1. The number of rotatable bonds is 5. The van der Waals surface area contributed by atoms with Crippen molar-refractivity contribution in [2.24, 2.45) is 0 Å². The second kappa shape index (κ2) is 9.79. The predicted octanol–water partition coefficient (Wildman–Crippen LogP) is 2.89. The van der Waals surface area contributed by atoms with Gasteiger partial charge in [-0.1, -0.05) is 23.9 Å². The van der Waals surface area contributed by atoms with E-state index in [0.717, 1.165) is 28.2 Å². The summed E-state index contributed by atoms with van der Waals surface area (Å²) in [5, 5.41) is 0.456. The monoisotopic (exact) mass is 494 g/mol. The largest absolute Gasteiger partial charge is 0.352 e. The molecular formula is C24H20F2N6O2S. The van der Waals surface area contributed by atoms with Gasteiger partial charge in [0.25, 0.3) is 5.56 Å². The first-order valence-electron chi connectivity index (χ1n) is 10.9. The highest BCUT2D eigenvalue weighted by Gasteiger charge is 2.23. The number of benzene rings is 2. The minimum Gasteiger partial charge on any atom is -0.352 e. The molecule has 0 unspecified atom stereocenters. The Hall–Kier alpha value is -3.86. The van der Waals surface area contributed by atoms with E-state index in [-0.39, 0.29) is 22.5 Å². The van der Waals surface area contributed by atoms with Crippen molar-refractivity contribution in [2.75, 3.05) is 36.8 Å². The minimum atomic E-state index is -0.891. The van der Waals surface area contributed by atoms with Crippen molar-refractivity contribution in [1.82, 2.24) is 24.4 Å². The Balaban J connectivity index is 1.37. The lowest BCUT2D eigenvalue weighted by atomic mass is 10.2. The van der Waals surface area contributed by atoms with E-state index in [2.05, 4.69) is 19.9 Å². The van der Waals surface area contributed by atoms with Crippen molar-refractivity contribution < 1.29 is 13.6 Å². The molecule has 1 fully saturated rings. The molecule has 5 rings (SSSR count). The summed E-state index contributed by atoms with van der Waals surface area (Å²) in [4.78, 5) is 42.9. The molecule has 178 valence electrons. The maximum atomic E-state index is 14.6. The van der Waals surface area contributed by atoms with E-state index in [0.29, 0.717) is 43.1 Å². The summed E-state index contributed by atoms with van der Waals surface area (Å²) in [6.45, 7) is 2.27. The van der Waals surface area contributed by atoms with Crippen LogP contribution in [-0.2, 0) is 4.79 Å². The zero-order valence-electron chi connectivity index (χ0n) is 18.5. The van der Waals surface area contributed by atoms with Crippen LogP contribution < -0.4 is 10.5 Å². The molecule has 8 nitrogen and oxygen atoms in total. The molecule has 2 aromatic carbocycles. The van der Waals surface area contributed by atoms with Crippen molar-refractivity contribution >= 4 is 34.4 Å². The Labute approximate surface area is 203 Å². The van der Waals surface area contributed by atoms with Gasteiger partial charge in [-0.25, -0.2) is 18.7 Å². The van der Waals surface area contributed by atoms with E-state index in [1.807, 2.05) is 0 Å². The fourth-order valence-electron chi connectivity index (χ4n) is 3.94. The van der Waals surface area contributed by atoms with Crippen molar-refractivity contribution in [2.45, 2.75) is 5.16 Å². The lowest BCUT2D eigenvalue weighted by molar-refractivity contribution is -0.128. The zero-order valence-corrected chi connectivity index (χ0v) is 19.3. The van der Waals surface area contributed by atoms with Gasteiger partial charge in [0.1, 0.15) is 17.5 Å². The Morgan fingerprint density at radius 3 is 2.57 bits per heavy atom. The normalized spacial score (nSPS) is 13.9. The highest BCUT2D eigenvalue weighted by molar-refractivity contribution is 7.99. The number of thioether (sulfide) groups is 1. The molecule has 0 atom stereocenters. The van der Waals surface area contributed by atoms with E-state index >= 15 is 0 Å². The van der Waals surface area contributed by atoms with Gasteiger partial charge >= 0.3 is 0 Å². The summed E-state index contributed by atoms with van der Waals surface area (Å²) in [6, 6.07) is 9.70. The minimum absolute atomic E-state index is 0.0126. The van der Waals surface area contributed by atoms with Gasteiger partial charge in [0.05, 0.1) is 28.5 Å². The summed E-state index contributed by atoms with van der Waals surface area (Å²) in [7, 11) is 0. The number of piperazine rings is 1. The lowest BCUT2D eigenvalue weighted by Crippen LogP contribution is -2.49. The van der Waals surface area contributed by atoms with E-state index in [1.54, 1.807) is 47.8 Å². The number of hydrogen-bond donors (Lipinski definition) is 0. The van der Waals surface area contributed by atoms with Crippen LogP contribution in [0.4, 0.5) is 14.6 Å². The highest BCUT2D eigenvalue weighted by atomic mass is 32.2. The number of hydrogen-bond acceptors (Lipinski definition) is 7. The topological polar surface area (TPSA) is 84.2 Å². The molecule has 0 saturated carbocycles. The van der Waals surface area contributed by atoms with Gasteiger partial charge in [-0.2, -0.15) is 0 Å². The number of anilines is 1. The van der Waals surface area contributed by atoms with Gasteiger partial charge in [0.2, 0.25) is 5.91 Å². The summed E-state index contributed by atoms with van der Waals surface area (Å²) in [6.07, 6.45) is 4.93. The maximum absolute atomic E-state index is 14.6. The summed E-state index contributed by atoms with van der Waals surface area (Å²) in [5.41, 5.74) is -0.181. The molecule has 0 radical (unpaired) electrons. The highest BCUT2D eigenvalue weighted by Crippen LogP contribution is 2.24. The molecule has 0 spiro atoms. The molecule has 1 aliphatic rings. The average Bonchev–Trinajstić information content (AvgIpc) is 2.89. The van der Waals surface area contributed by atoms with E-state index < -0.39 is 17.2 Å². The van der Waals surface area contributed by atoms with Crippen molar-refractivity contribution in [3.63, 3.8) is 0 Å². The van der Waals surface area contributed by atoms with Gasteiger partial charge in [0.15, 0.2) is 5.16 Å². The third-order valence-corrected chi connectivity index (χ3v) is 6.65. The first kappa shape index (κ1) is 22.9. The quantitative estimate of drug-likeness (QED) is 0.312. The molecule has 2 aromatic heterocycles. The van der Waals surface area contributed by atoms with Crippen LogP contribution in [0.25, 0.3) is 16.6 Å². The Morgan fingerprint density at radius 2 is 1.83 bits per heavy atom. The summed E-state index contributed by atoms with van der Waals surface area (Å²) < 4.78 is 29.2. The number of para-hydroxylation sites is 1. The molecule has 1 amide bonds. The Bertz CT molecular complexity index is 1440. The molecule has 4 aromatic rings. The number of fused-ring (bicyclic) bond motifs is 1. The molecule has 0 N–H and O–H groups in total. The van der Waals surface area contributed by atoms with Crippen LogP contribution in [0.2, 0.25) is 0 Å². The van der Waals surface area contributed by atoms with Gasteiger partial charge in [-0.15, -0.1) is 0 Å². The van der Waals surface area contributed by atoms with Crippen LogP contribution in [0.1, 0.15) is 0 Å². The molecule has 0 bridgehead atoms. The Morgan fingerprint density at radius 1 is 1.03 bits per heavy atom. The third-order valence-electron chi connectivity index (χ3n) is 5.73. The van der Waals surface area contributed by atoms with Gasteiger partial charge in [0, 0.05) is 44.6 Å². The maximum Gasteiger partial charge on any atom is 0.266 e. The second-order valence-corrected chi connectivity index (χ2v) is 8.81. The van der Waals surface area contributed by atoms with Crippen LogP contribution in [0, 0.1) is 11.6 Å². The predicted molar refractivity (Wildman–Crippen MR) is 129 cm³/mol. The Kier molecular flexibility index (Phi) is 6.41. The van der Waals surface area contributed by atoms with Gasteiger partial charge in [-0.05, 0) is 24.3 Å². The van der Waals surface area contributed by atoms with Crippen LogP contribution in [-0.4, -0.2) is 62.3 Å². The SMILES string of the molecule is O=C(CSc1nc2ccccc2c(=O)n1-c1ccc(F)cc1F)N1CCN(c2cnccn2)CC1. The number of amides is 1. The zero-order chi connectivity index (χ0) is 24.4. The van der Waals surface area contributed by atoms with E-state index in [9.17, 15) is 18.4 Å². The fourth-order valence-corrected chi connectivity index (χ4v) is 4.85. The van der Waals surface area contributed by atoms with E-state index in [4.69, 9.17) is 0 Å². The van der Waals surface area contributed by atoms with Crippen molar-refractivity contribution in [1.29, 1.82) is 0 Å². The van der Waals surface area contributed by atoms with Gasteiger partial charge < -0.3 is 9.80 Å². The lowest BCUT2D eigenvalue weighted by Gasteiger charge is -2.35. The number of aromatic nitrogens is 4. The average molecular weight is 495 g/mol. The summed E-state index contributed by atoms with van der Waals surface area (Å²) in [5.74, 6) is -0.990. The number of nitrogens with zero attached hydrogens (tertiary/aromatic N) is 6. The van der Waals surface area contributed by atoms with Crippen molar-refractivity contribution in [3.8, 4) is 5.69 Å². The van der Waals surface area contributed by atoms with Gasteiger partial charge in [-0.3, -0.25) is 19.1 Å².